The van der Waals surface area contributed by atoms with E-state index < -0.39 is 5.82 Å². The highest BCUT2D eigenvalue weighted by Gasteiger charge is 2.23. The minimum absolute atomic E-state index is 0.0820. The van der Waals surface area contributed by atoms with Crippen molar-refractivity contribution in [1.82, 2.24) is 19.4 Å². The van der Waals surface area contributed by atoms with Crippen molar-refractivity contribution < 1.29 is 18.7 Å². The van der Waals surface area contributed by atoms with E-state index in [1.807, 2.05) is 18.2 Å². The lowest BCUT2D eigenvalue weighted by atomic mass is 10.0. The number of halogens is 1. The molecule has 6 rings (SSSR count). The SMILES string of the molecule is C=Cc1ccc2nc(CN3CC=C(c4cccc(OCc5ccc(C(C)=O)c(F)c5)n4)CC3)n(CC3CCO3)c2c1. The monoisotopic (exact) mass is 552 g/mol. The second-order valence-electron chi connectivity index (χ2n) is 10.6. The fourth-order valence-corrected chi connectivity index (χ4v) is 5.33. The second kappa shape index (κ2) is 11.8. The maximum Gasteiger partial charge on any atom is 0.214 e. The summed E-state index contributed by atoms with van der Waals surface area (Å²) < 4.78 is 28.1. The van der Waals surface area contributed by atoms with Crippen molar-refractivity contribution in [2.24, 2.45) is 0 Å². The van der Waals surface area contributed by atoms with Gasteiger partial charge in [0.2, 0.25) is 5.88 Å². The number of ketones is 1. The molecule has 1 unspecified atom stereocenters. The Kier molecular flexibility index (Phi) is 7.76. The first kappa shape index (κ1) is 27.1. The number of pyridine rings is 1. The molecule has 4 heterocycles. The largest absolute Gasteiger partial charge is 0.473 e. The zero-order valence-electron chi connectivity index (χ0n) is 23.2. The summed E-state index contributed by atoms with van der Waals surface area (Å²) in [4.78, 5) is 23.6. The minimum atomic E-state index is -0.536. The predicted molar refractivity (Wildman–Crippen MR) is 157 cm³/mol. The number of hydrogen-bond acceptors (Lipinski definition) is 6. The number of imidazole rings is 1. The predicted octanol–water partition coefficient (Wildman–Crippen LogP) is 6.07. The first-order valence-corrected chi connectivity index (χ1v) is 14.0. The molecule has 2 aliphatic heterocycles. The van der Waals surface area contributed by atoms with Crippen LogP contribution in [0.1, 0.15) is 52.8 Å². The van der Waals surface area contributed by atoms with Gasteiger partial charge in [-0.2, -0.15) is 0 Å². The molecule has 0 saturated carbocycles. The molecule has 2 aromatic heterocycles. The third kappa shape index (κ3) is 5.99. The molecule has 7 nitrogen and oxygen atoms in total. The van der Waals surface area contributed by atoms with Gasteiger partial charge in [-0.15, -0.1) is 0 Å². The Bertz CT molecular complexity index is 1640. The average Bonchev–Trinajstić information content (AvgIpc) is 3.29. The van der Waals surface area contributed by atoms with Crippen LogP contribution in [0.2, 0.25) is 0 Å². The van der Waals surface area contributed by atoms with Gasteiger partial charge in [0, 0.05) is 25.8 Å². The molecule has 0 N–H and O–H groups in total. The molecule has 4 aromatic rings. The standard InChI is InChI=1S/C33H33FN4O3/c1-3-23-8-10-30-31(18-23)38(19-26-13-16-40-26)32(35-30)20-37-14-11-25(12-15-37)29-5-4-6-33(36-29)41-21-24-7-9-27(22(2)39)28(34)17-24/h3-11,17-18,26H,1,12-16,19-21H2,2H3. The van der Waals surface area contributed by atoms with Crippen LogP contribution >= 0.6 is 0 Å². The zero-order chi connectivity index (χ0) is 28.3. The summed E-state index contributed by atoms with van der Waals surface area (Å²) in [5.41, 5.74) is 5.99. The summed E-state index contributed by atoms with van der Waals surface area (Å²) in [6, 6.07) is 16.5. The topological polar surface area (TPSA) is 69.5 Å². The molecule has 41 heavy (non-hydrogen) atoms. The Morgan fingerprint density at radius 1 is 1.20 bits per heavy atom. The molecule has 210 valence electrons. The van der Waals surface area contributed by atoms with Crippen LogP contribution in [-0.4, -0.2) is 51.0 Å². The van der Waals surface area contributed by atoms with E-state index in [-0.39, 0.29) is 24.1 Å². The van der Waals surface area contributed by atoms with Crippen LogP contribution < -0.4 is 4.74 Å². The molecule has 0 amide bonds. The van der Waals surface area contributed by atoms with E-state index in [0.717, 1.165) is 73.7 Å². The highest BCUT2D eigenvalue weighted by molar-refractivity contribution is 5.94. The number of nitrogens with zero attached hydrogens (tertiary/aromatic N) is 4. The van der Waals surface area contributed by atoms with Gasteiger partial charge in [-0.3, -0.25) is 9.69 Å². The molecule has 0 spiro atoms. The fourth-order valence-electron chi connectivity index (χ4n) is 5.33. The summed E-state index contributed by atoms with van der Waals surface area (Å²) in [7, 11) is 0. The highest BCUT2D eigenvalue weighted by atomic mass is 19.1. The van der Waals surface area contributed by atoms with Crippen LogP contribution in [0.15, 0.2) is 67.3 Å². The molecule has 2 aromatic carbocycles. The highest BCUT2D eigenvalue weighted by Crippen LogP contribution is 2.27. The number of carbonyl (C=O) groups excluding carboxylic acids is 1. The number of fused-ring (bicyclic) bond motifs is 1. The van der Waals surface area contributed by atoms with Gasteiger partial charge in [-0.05, 0) is 66.8 Å². The first-order valence-electron chi connectivity index (χ1n) is 14.0. The van der Waals surface area contributed by atoms with Crippen LogP contribution in [0.5, 0.6) is 5.88 Å². The molecule has 2 aliphatic rings. The Morgan fingerprint density at radius 3 is 2.78 bits per heavy atom. The average molecular weight is 553 g/mol. The summed E-state index contributed by atoms with van der Waals surface area (Å²) in [5, 5.41) is 0. The number of Topliss-reactive ketones (excluding diaryl/α,β-unsaturated/α-hetero) is 1. The van der Waals surface area contributed by atoms with Gasteiger partial charge in [-0.1, -0.05) is 36.9 Å². The van der Waals surface area contributed by atoms with Crippen molar-refractivity contribution in [3.05, 3.63) is 101 Å². The van der Waals surface area contributed by atoms with E-state index in [4.69, 9.17) is 19.4 Å². The van der Waals surface area contributed by atoms with Crippen LogP contribution in [0.4, 0.5) is 4.39 Å². The van der Waals surface area contributed by atoms with Gasteiger partial charge >= 0.3 is 0 Å². The second-order valence-corrected chi connectivity index (χ2v) is 10.6. The summed E-state index contributed by atoms with van der Waals surface area (Å²) in [6.45, 7) is 9.52. The van der Waals surface area contributed by atoms with Gasteiger partial charge in [0.1, 0.15) is 18.2 Å². The number of benzene rings is 2. The van der Waals surface area contributed by atoms with Crippen molar-refractivity contribution in [3.63, 3.8) is 0 Å². The first-order chi connectivity index (χ1) is 20.0. The summed E-state index contributed by atoms with van der Waals surface area (Å²) >= 11 is 0. The van der Waals surface area contributed by atoms with Crippen LogP contribution in [0.25, 0.3) is 22.7 Å². The Hall–Kier alpha value is -4.14. The molecule has 1 fully saturated rings. The zero-order valence-corrected chi connectivity index (χ0v) is 23.2. The lowest BCUT2D eigenvalue weighted by Gasteiger charge is -2.29. The van der Waals surface area contributed by atoms with E-state index in [1.54, 1.807) is 12.1 Å². The van der Waals surface area contributed by atoms with E-state index in [2.05, 4.69) is 40.3 Å². The fraction of sp³-hybridized carbons (Fsp3) is 0.303. The van der Waals surface area contributed by atoms with Gasteiger partial charge < -0.3 is 14.0 Å². The molecule has 1 saturated heterocycles. The van der Waals surface area contributed by atoms with E-state index in [0.29, 0.717) is 11.4 Å². The normalized spacial score (nSPS) is 17.2. The van der Waals surface area contributed by atoms with Crippen molar-refractivity contribution in [2.45, 2.75) is 45.6 Å². The molecule has 1 atom stereocenters. The van der Waals surface area contributed by atoms with Crippen molar-refractivity contribution >= 4 is 28.5 Å². The lowest BCUT2D eigenvalue weighted by Crippen LogP contribution is -2.33. The van der Waals surface area contributed by atoms with Gasteiger partial charge in [0.25, 0.3) is 0 Å². The lowest BCUT2D eigenvalue weighted by molar-refractivity contribution is -0.0591. The minimum Gasteiger partial charge on any atom is -0.473 e. The smallest absolute Gasteiger partial charge is 0.214 e. The van der Waals surface area contributed by atoms with E-state index in [9.17, 15) is 9.18 Å². The molecule has 0 aliphatic carbocycles. The van der Waals surface area contributed by atoms with Gasteiger partial charge in [0.05, 0.1) is 41.5 Å². The Balaban J connectivity index is 1.12. The van der Waals surface area contributed by atoms with Gasteiger partial charge in [0.15, 0.2) is 5.78 Å². The molecular weight excluding hydrogens is 519 g/mol. The third-order valence-corrected chi connectivity index (χ3v) is 7.78. The maximum atomic E-state index is 14.2. The molecule has 0 radical (unpaired) electrons. The molecule has 8 heteroatoms. The van der Waals surface area contributed by atoms with Crippen LogP contribution in [0, 0.1) is 5.82 Å². The number of carbonyl (C=O) groups is 1. The summed E-state index contributed by atoms with van der Waals surface area (Å²) in [5.74, 6) is 0.695. The van der Waals surface area contributed by atoms with Crippen LogP contribution in [-0.2, 0) is 24.4 Å². The maximum absolute atomic E-state index is 14.2. The Morgan fingerprint density at radius 2 is 2.07 bits per heavy atom. The van der Waals surface area contributed by atoms with Crippen molar-refractivity contribution in [2.75, 3.05) is 19.7 Å². The molecule has 0 bridgehead atoms. The van der Waals surface area contributed by atoms with Crippen LogP contribution in [0.3, 0.4) is 0 Å². The van der Waals surface area contributed by atoms with E-state index in [1.165, 1.54) is 24.6 Å². The number of ether oxygens (including phenoxy) is 2. The van der Waals surface area contributed by atoms with E-state index >= 15 is 0 Å². The summed E-state index contributed by atoms with van der Waals surface area (Å²) in [6.07, 6.45) is 6.28. The number of hydrogen-bond donors (Lipinski definition) is 0. The number of aromatic nitrogens is 3. The van der Waals surface area contributed by atoms with Gasteiger partial charge in [-0.25, -0.2) is 14.4 Å². The Labute approximate surface area is 238 Å². The third-order valence-electron chi connectivity index (χ3n) is 7.78. The molecular formula is C33H33FN4O3. The number of rotatable bonds is 10. The quantitative estimate of drug-likeness (QED) is 0.222. The van der Waals surface area contributed by atoms with Crippen molar-refractivity contribution in [1.29, 1.82) is 0 Å². The van der Waals surface area contributed by atoms with Crippen molar-refractivity contribution in [3.8, 4) is 5.88 Å².